The molecule has 0 bridgehead atoms. The maximum atomic E-state index is 13.3. The lowest BCUT2D eigenvalue weighted by Gasteiger charge is -2.34. The fourth-order valence-electron chi connectivity index (χ4n) is 3.09. The zero-order valence-electron chi connectivity index (χ0n) is 12.4. The Labute approximate surface area is 124 Å². The number of halogens is 1. The maximum Gasteiger partial charge on any atom is 0.125 e. The molecule has 0 aliphatic carbocycles. The third kappa shape index (κ3) is 3.16. The highest BCUT2D eigenvalue weighted by atomic mass is 19.1. The predicted octanol–water partition coefficient (Wildman–Crippen LogP) is 3.63. The predicted molar refractivity (Wildman–Crippen MR) is 83.1 cm³/mol. The van der Waals surface area contributed by atoms with E-state index in [0.717, 1.165) is 42.9 Å². The van der Waals surface area contributed by atoms with Crippen LogP contribution in [0.1, 0.15) is 19.8 Å². The van der Waals surface area contributed by atoms with Crippen LogP contribution in [-0.2, 0) is 4.74 Å². The molecule has 1 aromatic heterocycles. The molecule has 1 aromatic carbocycles. The number of nitrogens with zero attached hydrogens (tertiary/aromatic N) is 2. The molecule has 0 N–H and O–H groups in total. The average molecular weight is 288 g/mol. The molecule has 0 spiro atoms. The van der Waals surface area contributed by atoms with Crippen LogP contribution < -0.4 is 4.90 Å². The number of fused-ring (bicyclic) bond motifs is 1. The summed E-state index contributed by atoms with van der Waals surface area (Å²) in [4.78, 5) is 6.66. The molecule has 3 nitrogen and oxygen atoms in total. The van der Waals surface area contributed by atoms with E-state index >= 15 is 0 Å². The van der Waals surface area contributed by atoms with Gasteiger partial charge >= 0.3 is 0 Å². The molecule has 21 heavy (non-hydrogen) atoms. The number of hydrogen-bond donors (Lipinski definition) is 0. The fourth-order valence-corrected chi connectivity index (χ4v) is 3.09. The minimum Gasteiger partial charge on any atom is -0.381 e. The third-order valence-corrected chi connectivity index (χ3v) is 4.10. The van der Waals surface area contributed by atoms with Gasteiger partial charge < -0.3 is 9.64 Å². The number of rotatable bonds is 4. The summed E-state index contributed by atoms with van der Waals surface area (Å²) in [6, 6.07) is 6.87. The standard InChI is InChI=1S/C17H21FN2O/c1-2-21-12-13-4-3-9-20(11-13)17-7-8-19-16-10-14(18)5-6-15(16)17/h5-8,10,13H,2-4,9,11-12H2,1H3. The minimum atomic E-state index is -0.236. The van der Waals surface area contributed by atoms with Crippen LogP contribution in [0.2, 0.25) is 0 Å². The van der Waals surface area contributed by atoms with Gasteiger partial charge in [-0.2, -0.15) is 0 Å². The Hall–Kier alpha value is -1.68. The van der Waals surface area contributed by atoms with Crippen LogP contribution in [0.4, 0.5) is 10.1 Å². The third-order valence-electron chi connectivity index (χ3n) is 4.10. The van der Waals surface area contributed by atoms with Crippen molar-refractivity contribution >= 4 is 16.6 Å². The van der Waals surface area contributed by atoms with E-state index in [1.165, 1.54) is 25.0 Å². The maximum absolute atomic E-state index is 13.3. The molecule has 4 heteroatoms. The molecule has 1 fully saturated rings. The lowest BCUT2D eigenvalue weighted by molar-refractivity contribution is 0.104. The first-order chi connectivity index (χ1) is 10.3. The second-order valence-corrected chi connectivity index (χ2v) is 5.61. The number of piperidine rings is 1. The highest BCUT2D eigenvalue weighted by Crippen LogP contribution is 2.29. The van der Waals surface area contributed by atoms with Gasteiger partial charge in [-0.25, -0.2) is 4.39 Å². The van der Waals surface area contributed by atoms with E-state index in [-0.39, 0.29) is 5.82 Å². The van der Waals surface area contributed by atoms with Crippen molar-refractivity contribution in [1.29, 1.82) is 0 Å². The Morgan fingerprint density at radius 1 is 1.38 bits per heavy atom. The molecule has 1 unspecified atom stereocenters. The van der Waals surface area contributed by atoms with E-state index in [1.54, 1.807) is 6.20 Å². The number of aromatic nitrogens is 1. The van der Waals surface area contributed by atoms with Gasteiger partial charge in [0.15, 0.2) is 0 Å². The summed E-state index contributed by atoms with van der Waals surface area (Å²) in [5, 5.41) is 1.02. The molecule has 2 aromatic rings. The second kappa shape index (κ2) is 6.39. The highest BCUT2D eigenvalue weighted by molar-refractivity contribution is 5.91. The van der Waals surface area contributed by atoms with Gasteiger partial charge in [-0.1, -0.05) is 0 Å². The summed E-state index contributed by atoms with van der Waals surface area (Å²) >= 11 is 0. The average Bonchev–Trinajstić information content (AvgIpc) is 2.52. The molecular weight excluding hydrogens is 267 g/mol. The van der Waals surface area contributed by atoms with Gasteiger partial charge in [0.05, 0.1) is 12.1 Å². The summed E-state index contributed by atoms with van der Waals surface area (Å²) < 4.78 is 18.9. The first-order valence-electron chi connectivity index (χ1n) is 7.65. The van der Waals surface area contributed by atoms with Crippen molar-refractivity contribution in [3.8, 4) is 0 Å². The lowest BCUT2D eigenvalue weighted by Crippen LogP contribution is -2.37. The summed E-state index contributed by atoms with van der Waals surface area (Å²) in [5.41, 5.74) is 1.88. The van der Waals surface area contributed by atoms with E-state index in [2.05, 4.69) is 9.88 Å². The first kappa shape index (κ1) is 14.3. The van der Waals surface area contributed by atoms with Crippen molar-refractivity contribution in [2.75, 3.05) is 31.2 Å². The quantitative estimate of drug-likeness (QED) is 0.859. The van der Waals surface area contributed by atoms with Crippen molar-refractivity contribution in [3.05, 3.63) is 36.3 Å². The van der Waals surface area contributed by atoms with E-state index in [9.17, 15) is 4.39 Å². The molecule has 1 atom stereocenters. The van der Waals surface area contributed by atoms with E-state index in [0.29, 0.717) is 5.92 Å². The first-order valence-corrected chi connectivity index (χ1v) is 7.65. The number of benzene rings is 1. The summed E-state index contributed by atoms with van der Waals surface area (Å²) in [5.74, 6) is 0.336. The lowest BCUT2D eigenvalue weighted by atomic mass is 9.98. The van der Waals surface area contributed by atoms with Crippen molar-refractivity contribution in [2.45, 2.75) is 19.8 Å². The number of pyridine rings is 1. The largest absolute Gasteiger partial charge is 0.381 e. The molecule has 2 heterocycles. The second-order valence-electron chi connectivity index (χ2n) is 5.61. The van der Waals surface area contributed by atoms with Gasteiger partial charge in [0.1, 0.15) is 5.82 Å². The molecule has 112 valence electrons. The molecule has 1 saturated heterocycles. The van der Waals surface area contributed by atoms with Crippen molar-refractivity contribution in [3.63, 3.8) is 0 Å². The molecule has 0 radical (unpaired) electrons. The summed E-state index contributed by atoms with van der Waals surface area (Å²) in [7, 11) is 0. The smallest absolute Gasteiger partial charge is 0.125 e. The minimum absolute atomic E-state index is 0.236. The van der Waals surface area contributed by atoms with Gasteiger partial charge in [-0.15, -0.1) is 0 Å². The van der Waals surface area contributed by atoms with Crippen LogP contribution in [0, 0.1) is 11.7 Å². The summed E-state index contributed by atoms with van der Waals surface area (Å²) in [6.07, 6.45) is 4.15. The zero-order chi connectivity index (χ0) is 14.7. The Bertz CT molecular complexity index is 617. The van der Waals surface area contributed by atoms with E-state index < -0.39 is 0 Å². The van der Waals surface area contributed by atoms with Crippen molar-refractivity contribution in [1.82, 2.24) is 4.98 Å². The zero-order valence-corrected chi connectivity index (χ0v) is 12.4. The molecule has 1 aliphatic heterocycles. The molecular formula is C17H21FN2O. The van der Waals surface area contributed by atoms with Gasteiger partial charge in [0.2, 0.25) is 0 Å². The highest BCUT2D eigenvalue weighted by Gasteiger charge is 2.21. The summed E-state index contributed by atoms with van der Waals surface area (Å²) in [6.45, 7) is 5.67. The number of anilines is 1. The molecule has 1 aliphatic rings. The fraction of sp³-hybridized carbons (Fsp3) is 0.471. The van der Waals surface area contributed by atoms with Crippen LogP contribution in [0.15, 0.2) is 30.5 Å². The Balaban J connectivity index is 1.86. The van der Waals surface area contributed by atoms with E-state index in [1.807, 2.05) is 19.1 Å². The van der Waals surface area contributed by atoms with Gasteiger partial charge in [0.25, 0.3) is 0 Å². The van der Waals surface area contributed by atoms with Crippen molar-refractivity contribution < 1.29 is 9.13 Å². The van der Waals surface area contributed by atoms with Gasteiger partial charge in [0, 0.05) is 43.0 Å². The van der Waals surface area contributed by atoms with Gasteiger partial charge in [-0.3, -0.25) is 4.98 Å². The van der Waals surface area contributed by atoms with Crippen LogP contribution in [0.25, 0.3) is 10.9 Å². The SMILES string of the molecule is CCOCC1CCCN(c2ccnc3cc(F)ccc23)C1. The number of hydrogen-bond acceptors (Lipinski definition) is 3. The Morgan fingerprint density at radius 3 is 3.14 bits per heavy atom. The van der Waals surface area contributed by atoms with Crippen LogP contribution in [-0.4, -0.2) is 31.3 Å². The molecule has 0 amide bonds. The van der Waals surface area contributed by atoms with Crippen LogP contribution in [0.3, 0.4) is 0 Å². The van der Waals surface area contributed by atoms with Gasteiger partial charge in [-0.05, 0) is 43.9 Å². The monoisotopic (exact) mass is 288 g/mol. The Kier molecular flexibility index (Phi) is 4.34. The topological polar surface area (TPSA) is 25.4 Å². The van der Waals surface area contributed by atoms with Crippen LogP contribution in [0.5, 0.6) is 0 Å². The Morgan fingerprint density at radius 2 is 2.29 bits per heavy atom. The van der Waals surface area contributed by atoms with Crippen LogP contribution >= 0.6 is 0 Å². The number of ether oxygens (including phenoxy) is 1. The molecule has 3 rings (SSSR count). The van der Waals surface area contributed by atoms with E-state index in [4.69, 9.17) is 4.74 Å². The van der Waals surface area contributed by atoms with Crippen molar-refractivity contribution in [2.24, 2.45) is 5.92 Å². The molecule has 0 saturated carbocycles. The normalized spacial score (nSPS) is 19.1.